The van der Waals surface area contributed by atoms with Crippen LogP contribution in [0.5, 0.6) is 0 Å². The summed E-state index contributed by atoms with van der Waals surface area (Å²) in [5, 5.41) is 0. The number of nitrogens with one attached hydrogen (secondary N) is 1. The maximum atomic E-state index is 13.9. The van der Waals surface area contributed by atoms with E-state index in [1.165, 1.54) is 12.1 Å². The largest absolute Gasteiger partial charge is 0.398 e. The van der Waals surface area contributed by atoms with Crippen LogP contribution in [0.15, 0.2) is 17.0 Å². The van der Waals surface area contributed by atoms with Crippen LogP contribution in [-0.4, -0.2) is 14.5 Å². The molecule has 0 aliphatic heterocycles. The van der Waals surface area contributed by atoms with Crippen molar-refractivity contribution in [2.24, 2.45) is 11.8 Å². The Hall–Kier alpha value is -1.14. The molecule has 0 spiro atoms. The van der Waals surface area contributed by atoms with Gasteiger partial charge in [0.1, 0.15) is 10.7 Å². The van der Waals surface area contributed by atoms with Gasteiger partial charge < -0.3 is 5.73 Å². The molecule has 2 aliphatic rings. The summed E-state index contributed by atoms with van der Waals surface area (Å²) in [6, 6.07) is 2.35. The van der Waals surface area contributed by atoms with Crippen LogP contribution >= 0.6 is 0 Å². The maximum Gasteiger partial charge on any atom is 0.243 e. The molecule has 0 unspecified atom stereocenters. The second-order valence-corrected chi connectivity index (χ2v) is 7.64. The Kier molecular flexibility index (Phi) is 3.25. The lowest BCUT2D eigenvalue weighted by Crippen LogP contribution is -2.38. The van der Waals surface area contributed by atoms with Crippen molar-refractivity contribution < 1.29 is 12.8 Å². The van der Waals surface area contributed by atoms with Crippen molar-refractivity contribution in [3.63, 3.8) is 0 Å². The highest BCUT2D eigenvalue weighted by Gasteiger charge is 2.43. The zero-order valence-electron chi connectivity index (χ0n) is 11.4. The minimum atomic E-state index is -3.84. The van der Waals surface area contributed by atoms with Gasteiger partial charge in [-0.3, -0.25) is 0 Å². The van der Waals surface area contributed by atoms with E-state index in [9.17, 15) is 12.8 Å². The van der Waals surface area contributed by atoms with Gasteiger partial charge in [0.05, 0.1) is 0 Å². The molecule has 20 heavy (non-hydrogen) atoms. The molecule has 2 fully saturated rings. The molecule has 0 atom stereocenters. The van der Waals surface area contributed by atoms with E-state index >= 15 is 0 Å². The number of halogens is 1. The molecule has 110 valence electrons. The van der Waals surface area contributed by atoms with Crippen molar-refractivity contribution >= 4 is 15.7 Å². The fraction of sp³-hybridized carbons (Fsp3) is 0.571. The summed E-state index contributed by atoms with van der Waals surface area (Å²) in [6.45, 7) is 1.65. The fourth-order valence-corrected chi connectivity index (χ4v) is 4.07. The van der Waals surface area contributed by atoms with Crippen LogP contribution in [0.25, 0.3) is 0 Å². The standard InChI is InChI=1S/C14H19FN2O2S/c1-8-6-11(15)13(7-12(8)16)20(18,19)17-14(9-2-3-9)10-4-5-10/h6-7,9-10,14,17H,2-5,16H2,1H3. The van der Waals surface area contributed by atoms with Crippen LogP contribution in [0, 0.1) is 24.6 Å². The molecule has 0 bridgehead atoms. The van der Waals surface area contributed by atoms with Gasteiger partial charge in [-0.2, -0.15) is 0 Å². The van der Waals surface area contributed by atoms with Gasteiger partial charge in [0.15, 0.2) is 0 Å². The number of hydrogen-bond donors (Lipinski definition) is 2. The average Bonchev–Trinajstić information content (AvgIpc) is 3.24. The van der Waals surface area contributed by atoms with Crippen LogP contribution < -0.4 is 10.5 Å². The highest BCUT2D eigenvalue weighted by molar-refractivity contribution is 7.89. The predicted octanol–water partition coefficient (Wildman–Crippen LogP) is 2.18. The highest BCUT2D eigenvalue weighted by atomic mass is 32.2. The Morgan fingerprint density at radius 1 is 1.25 bits per heavy atom. The lowest BCUT2D eigenvalue weighted by Gasteiger charge is -2.18. The van der Waals surface area contributed by atoms with E-state index in [1.807, 2.05) is 0 Å². The van der Waals surface area contributed by atoms with E-state index < -0.39 is 15.8 Å². The molecule has 3 rings (SSSR count). The van der Waals surface area contributed by atoms with Gasteiger partial charge in [-0.25, -0.2) is 17.5 Å². The smallest absolute Gasteiger partial charge is 0.243 e. The lowest BCUT2D eigenvalue weighted by molar-refractivity contribution is 0.468. The van der Waals surface area contributed by atoms with E-state index in [2.05, 4.69) is 4.72 Å². The molecular formula is C14H19FN2O2S. The Morgan fingerprint density at radius 2 is 1.80 bits per heavy atom. The molecule has 0 radical (unpaired) electrons. The monoisotopic (exact) mass is 298 g/mol. The number of benzene rings is 1. The Labute approximate surface area is 118 Å². The number of rotatable bonds is 5. The van der Waals surface area contributed by atoms with Crippen molar-refractivity contribution in [2.45, 2.75) is 43.5 Å². The number of hydrogen-bond acceptors (Lipinski definition) is 3. The van der Waals surface area contributed by atoms with Gasteiger partial charge in [-0.05, 0) is 62.1 Å². The van der Waals surface area contributed by atoms with Crippen LogP contribution in [0.2, 0.25) is 0 Å². The summed E-state index contributed by atoms with van der Waals surface area (Å²) >= 11 is 0. The number of anilines is 1. The first kappa shape index (κ1) is 13.8. The quantitative estimate of drug-likeness (QED) is 0.818. The molecule has 0 amide bonds. The predicted molar refractivity (Wildman–Crippen MR) is 75.1 cm³/mol. The molecule has 0 heterocycles. The summed E-state index contributed by atoms with van der Waals surface area (Å²) in [5.41, 5.74) is 6.54. The summed E-state index contributed by atoms with van der Waals surface area (Å²) < 4.78 is 41.4. The maximum absolute atomic E-state index is 13.9. The summed E-state index contributed by atoms with van der Waals surface area (Å²) in [6.07, 6.45) is 4.23. The first-order valence-corrected chi connectivity index (χ1v) is 8.45. The summed E-state index contributed by atoms with van der Waals surface area (Å²) in [4.78, 5) is -0.341. The van der Waals surface area contributed by atoms with Gasteiger partial charge >= 0.3 is 0 Å². The van der Waals surface area contributed by atoms with Crippen LogP contribution in [-0.2, 0) is 10.0 Å². The van der Waals surface area contributed by atoms with Crippen LogP contribution in [0.4, 0.5) is 10.1 Å². The van der Waals surface area contributed by atoms with Crippen molar-refractivity contribution in [1.29, 1.82) is 0 Å². The Bertz CT molecular complexity index is 625. The van der Waals surface area contributed by atoms with E-state index in [1.54, 1.807) is 6.92 Å². The first-order valence-electron chi connectivity index (χ1n) is 6.96. The first-order chi connectivity index (χ1) is 9.38. The second-order valence-electron chi connectivity index (χ2n) is 5.96. The minimum absolute atomic E-state index is 0.0399. The number of aryl methyl sites for hydroxylation is 1. The third-order valence-electron chi connectivity index (χ3n) is 4.16. The second kappa shape index (κ2) is 4.70. The Morgan fingerprint density at radius 3 is 2.30 bits per heavy atom. The molecule has 6 heteroatoms. The molecule has 2 saturated carbocycles. The van der Waals surface area contributed by atoms with E-state index in [4.69, 9.17) is 5.73 Å². The summed E-state index contributed by atoms with van der Waals surface area (Å²) in [5.74, 6) is 0.0980. The molecule has 3 N–H and O–H groups in total. The van der Waals surface area contributed by atoms with Gasteiger partial charge in [-0.15, -0.1) is 0 Å². The van der Waals surface area contributed by atoms with Crippen LogP contribution in [0.1, 0.15) is 31.2 Å². The topological polar surface area (TPSA) is 72.2 Å². The van der Waals surface area contributed by atoms with E-state index in [0.717, 1.165) is 25.7 Å². The van der Waals surface area contributed by atoms with E-state index in [0.29, 0.717) is 23.1 Å². The third kappa shape index (κ3) is 2.67. The number of nitrogen functional groups attached to an aromatic ring is 1. The van der Waals surface area contributed by atoms with Crippen molar-refractivity contribution in [2.75, 3.05) is 5.73 Å². The van der Waals surface area contributed by atoms with Crippen molar-refractivity contribution in [3.05, 3.63) is 23.5 Å². The minimum Gasteiger partial charge on any atom is -0.398 e. The van der Waals surface area contributed by atoms with Crippen molar-refractivity contribution in [1.82, 2.24) is 4.72 Å². The average molecular weight is 298 g/mol. The molecule has 0 aromatic heterocycles. The number of sulfonamides is 1. The Balaban J connectivity index is 1.89. The van der Waals surface area contributed by atoms with Crippen LogP contribution in [0.3, 0.4) is 0 Å². The zero-order chi connectivity index (χ0) is 14.5. The number of nitrogens with two attached hydrogens (primary N) is 1. The molecule has 2 aliphatic carbocycles. The molecule has 0 saturated heterocycles. The third-order valence-corrected chi connectivity index (χ3v) is 5.64. The van der Waals surface area contributed by atoms with Gasteiger partial charge in [0, 0.05) is 11.7 Å². The van der Waals surface area contributed by atoms with E-state index in [-0.39, 0.29) is 10.9 Å². The SMILES string of the molecule is Cc1cc(F)c(S(=O)(=O)NC(C2CC2)C2CC2)cc1N. The normalized spacial score (nSPS) is 19.6. The molecular weight excluding hydrogens is 279 g/mol. The fourth-order valence-electron chi connectivity index (χ4n) is 2.61. The zero-order valence-corrected chi connectivity index (χ0v) is 12.2. The highest BCUT2D eigenvalue weighted by Crippen LogP contribution is 2.45. The molecule has 1 aromatic carbocycles. The molecule has 4 nitrogen and oxygen atoms in total. The summed E-state index contributed by atoms with van der Waals surface area (Å²) in [7, 11) is -3.84. The van der Waals surface area contributed by atoms with Crippen molar-refractivity contribution in [3.8, 4) is 0 Å². The van der Waals surface area contributed by atoms with Gasteiger partial charge in [0.2, 0.25) is 10.0 Å². The van der Waals surface area contributed by atoms with Gasteiger partial charge in [0.25, 0.3) is 0 Å². The lowest BCUT2D eigenvalue weighted by atomic mass is 10.1. The molecule has 1 aromatic rings. The van der Waals surface area contributed by atoms with Gasteiger partial charge in [-0.1, -0.05) is 0 Å².